The Kier molecular flexibility index (Phi) is 4.62. The van der Waals surface area contributed by atoms with Crippen molar-refractivity contribution in [2.75, 3.05) is 11.9 Å². The molecule has 1 amide bonds. The number of hydrogen-bond acceptors (Lipinski definition) is 4. The van der Waals surface area contributed by atoms with E-state index >= 15 is 0 Å². The number of thiophene rings is 1. The molecule has 3 rings (SSSR count). The standard InChI is InChI=1S/C17H21NO3S/c1-2-21-17(20)14-13(11-8-9-11)10-22-16(14)18-15(19)12-6-4-3-5-7-12/h3-4,10-12H,2,5-9H2,1H3,(H,18,19). The zero-order chi connectivity index (χ0) is 15.5. The highest BCUT2D eigenvalue weighted by Gasteiger charge is 2.33. The number of esters is 1. The lowest BCUT2D eigenvalue weighted by atomic mass is 9.93. The van der Waals surface area contributed by atoms with Crippen LogP contribution < -0.4 is 5.32 Å². The predicted molar refractivity (Wildman–Crippen MR) is 87.4 cm³/mol. The van der Waals surface area contributed by atoms with Crippen LogP contribution in [0.1, 0.15) is 60.9 Å². The molecule has 1 saturated carbocycles. The monoisotopic (exact) mass is 319 g/mol. The Morgan fingerprint density at radius 3 is 2.77 bits per heavy atom. The van der Waals surface area contributed by atoms with Crippen LogP contribution in [0.3, 0.4) is 0 Å². The number of ether oxygens (including phenoxy) is 1. The average Bonchev–Trinajstić information content (AvgIpc) is 3.29. The van der Waals surface area contributed by atoms with Crippen LogP contribution in [-0.4, -0.2) is 18.5 Å². The van der Waals surface area contributed by atoms with Crippen molar-refractivity contribution < 1.29 is 14.3 Å². The van der Waals surface area contributed by atoms with E-state index < -0.39 is 0 Å². The van der Waals surface area contributed by atoms with Gasteiger partial charge in [-0.25, -0.2) is 4.79 Å². The molecule has 0 bridgehead atoms. The number of amides is 1. The van der Waals surface area contributed by atoms with Crippen LogP contribution >= 0.6 is 11.3 Å². The van der Waals surface area contributed by atoms with Gasteiger partial charge in [-0.1, -0.05) is 12.2 Å². The first-order valence-corrected chi connectivity index (χ1v) is 8.83. The van der Waals surface area contributed by atoms with Crippen LogP contribution in [0.15, 0.2) is 17.5 Å². The third-order valence-corrected chi connectivity index (χ3v) is 5.11. The first kappa shape index (κ1) is 15.3. The molecule has 2 aliphatic rings. The molecular formula is C17H21NO3S. The minimum absolute atomic E-state index is 0.00604. The SMILES string of the molecule is CCOC(=O)c1c(C2CC2)csc1NC(=O)C1CC=CCC1. The molecule has 0 aromatic carbocycles. The van der Waals surface area contributed by atoms with Crippen LogP contribution in [0.5, 0.6) is 0 Å². The number of rotatable bonds is 5. The Bertz CT molecular complexity index is 601. The molecule has 2 aliphatic carbocycles. The number of carbonyl (C=O) groups is 2. The second-order valence-electron chi connectivity index (χ2n) is 5.86. The summed E-state index contributed by atoms with van der Waals surface area (Å²) in [6, 6.07) is 0. The quantitative estimate of drug-likeness (QED) is 0.657. The smallest absolute Gasteiger partial charge is 0.341 e. The summed E-state index contributed by atoms with van der Waals surface area (Å²) in [5.74, 6) is 0.161. The molecular weight excluding hydrogens is 298 g/mol. The van der Waals surface area contributed by atoms with Crippen molar-refractivity contribution in [1.82, 2.24) is 0 Å². The zero-order valence-electron chi connectivity index (χ0n) is 12.8. The lowest BCUT2D eigenvalue weighted by Crippen LogP contribution is -2.24. The summed E-state index contributed by atoms with van der Waals surface area (Å²) in [5, 5.41) is 5.62. The van der Waals surface area contributed by atoms with Gasteiger partial charge < -0.3 is 10.1 Å². The van der Waals surface area contributed by atoms with Crippen LogP contribution in [0.25, 0.3) is 0 Å². The highest BCUT2D eigenvalue weighted by Crippen LogP contribution is 2.46. The van der Waals surface area contributed by atoms with Gasteiger partial charge in [0.1, 0.15) is 5.00 Å². The van der Waals surface area contributed by atoms with Crippen molar-refractivity contribution in [2.24, 2.45) is 5.92 Å². The fourth-order valence-electron chi connectivity index (χ4n) is 2.82. The molecule has 1 atom stereocenters. The van der Waals surface area contributed by atoms with Crippen LogP contribution in [0.2, 0.25) is 0 Å². The Morgan fingerprint density at radius 2 is 2.14 bits per heavy atom. The molecule has 0 aliphatic heterocycles. The van der Waals surface area contributed by atoms with E-state index in [0.717, 1.165) is 37.7 Å². The second kappa shape index (κ2) is 6.65. The van der Waals surface area contributed by atoms with Crippen molar-refractivity contribution in [3.05, 3.63) is 28.7 Å². The van der Waals surface area contributed by atoms with E-state index in [9.17, 15) is 9.59 Å². The summed E-state index contributed by atoms with van der Waals surface area (Å²) in [6.45, 7) is 2.15. The molecule has 5 heteroatoms. The fourth-order valence-corrected chi connectivity index (χ4v) is 3.85. The van der Waals surface area contributed by atoms with Crippen LogP contribution in [0.4, 0.5) is 5.00 Å². The van der Waals surface area contributed by atoms with E-state index in [-0.39, 0.29) is 17.8 Å². The van der Waals surface area contributed by atoms with Crippen LogP contribution in [0, 0.1) is 5.92 Å². The van der Waals surface area contributed by atoms with Crippen molar-refractivity contribution in [3.63, 3.8) is 0 Å². The predicted octanol–water partition coefficient (Wildman–Crippen LogP) is 4.10. The molecule has 0 saturated heterocycles. The van der Waals surface area contributed by atoms with Gasteiger partial charge in [-0.05, 0) is 55.9 Å². The van der Waals surface area contributed by atoms with Gasteiger partial charge in [-0.2, -0.15) is 0 Å². The van der Waals surface area contributed by atoms with Gasteiger partial charge in [0.2, 0.25) is 5.91 Å². The summed E-state index contributed by atoms with van der Waals surface area (Å²) < 4.78 is 5.18. The third-order valence-electron chi connectivity index (χ3n) is 4.19. The number of allylic oxidation sites excluding steroid dienone is 2. The van der Waals surface area contributed by atoms with Crippen LogP contribution in [-0.2, 0) is 9.53 Å². The number of hydrogen-bond donors (Lipinski definition) is 1. The minimum atomic E-state index is -0.315. The van der Waals surface area contributed by atoms with E-state index in [1.54, 1.807) is 6.92 Å². The van der Waals surface area contributed by atoms with E-state index in [1.807, 2.05) is 5.38 Å². The first-order valence-electron chi connectivity index (χ1n) is 7.95. The third kappa shape index (κ3) is 3.24. The Hall–Kier alpha value is -1.62. The van der Waals surface area contributed by atoms with Crippen molar-refractivity contribution in [2.45, 2.75) is 44.9 Å². The highest BCUT2D eigenvalue weighted by atomic mass is 32.1. The van der Waals surface area contributed by atoms with Gasteiger partial charge in [0, 0.05) is 5.92 Å². The molecule has 1 aromatic heterocycles. The van der Waals surface area contributed by atoms with E-state index in [1.165, 1.54) is 11.3 Å². The van der Waals surface area contributed by atoms with E-state index in [0.29, 0.717) is 23.1 Å². The summed E-state index contributed by atoms with van der Waals surface area (Å²) in [6.07, 6.45) is 9.00. The molecule has 1 unspecified atom stereocenters. The molecule has 1 heterocycles. The lowest BCUT2D eigenvalue weighted by Gasteiger charge is -2.17. The maximum absolute atomic E-state index is 12.4. The summed E-state index contributed by atoms with van der Waals surface area (Å²) in [4.78, 5) is 24.7. The minimum Gasteiger partial charge on any atom is -0.462 e. The van der Waals surface area contributed by atoms with Gasteiger partial charge in [-0.15, -0.1) is 11.3 Å². The maximum Gasteiger partial charge on any atom is 0.341 e. The molecule has 1 aromatic rings. The van der Waals surface area contributed by atoms with Crippen molar-refractivity contribution in [3.8, 4) is 0 Å². The molecule has 22 heavy (non-hydrogen) atoms. The highest BCUT2D eigenvalue weighted by molar-refractivity contribution is 7.15. The average molecular weight is 319 g/mol. The first-order chi connectivity index (χ1) is 10.7. The van der Waals surface area contributed by atoms with Gasteiger partial charge in [0.25, 0.3) is 0 Å². The summed E-state index contributed by atoms with van der Waals surface area (Å²) in [7, 11) is 0. The van der Waals surface area contributed by atoms with Crippen molar-refractivity contribution in [1.29, 1.82) is 0 Å². The molecule has 0 spiro atoms. The van der Waals surface area contributed by atoms with Gasteiger partial charge in [0.15, 0.2) is 0 Å². The number of carbonyl (C=O) groups excluding carboxylic acids is 2. The molecule has 118 valence electrons. The normalized spacial score (nSPS) is 20.7. The van der Waals surface area contributed by atoms with Gasteiger partial charge >= 0.3 is 5.97 Å². The lowest BCUT2D eigenvalue weighted by molar-refractivity contribution is -0.120. The van der Waals surface area contributed by atoms with E-state index in [4.69, 9.17) is 4.74 Å². The molecule has 0 radical (unpaired) electrons. The van der Waals surface area contributed by atoms with Gasteiger partial charge in [0.05, 0.1) is 12.2 Å². The second-order valence-corrected chi connectivity index (χ2v) is 6.74. The Morgan fingerprint density at radius 1 is 1.32 bits per heavy atom. The fraction of sp³-hybridized carbons (Fsp3) is 0.529. The topological polar surface area (TPSA) is 55.4 Å². The zero-order valence-corrected chi connectivity index (χ0v) is 13.6. The molecule has 1 fully saturated rings. The van der Waals surface area contributed by atoms with Gasteiger partial charge in [-0.3, -0.25) is 4.79 Å². The Balaban J connectivity index is 1.79. The maximum atomic E-state index is 12.4. The summed E-state index contributed by atoms with van der Waals surface area (Å²) in [5.41, 5.74) is 1.62. The number of nitrogens with one attached hydrogen (secondary N) is 1. The molecule has 1 N–H and O–H groups in total. The largest absolute Gasteiger partial charge is 0.462 e. The Labute approximate surface area is 134 Å². The number of anilines is 1. The van der Waals surface area contributed by atoms with Crippen molar-refractivity contribution >= 4 is 28.2 Å². The summed E-state index contributed by atoms with van der Waals surface area (Å²) >= 11 is 1.44. The van der Waals surface area contributed by atoms with E-state index in [2.05, 4.69) is 17.5 Å². The molecule has 4 nitrogen and oxygen atoms in total.